The Kier molecular flexibility index (Phi) is 8.40. The number of fused-ring (bicyclic) bond motifs is 1. The lowest BCUT2D eigenvalue weighted by Gasteiger charge is -2.40. The zero-order valence-corrected chi connectivity index (χ0v) is 21.7. The molecule has 0 aliphatic carbocycles. The molecule has 1 aliphatic rings. The third-order valence-electron chi connectivity index (χ3n) is 5.97. The molecule has 9 nitrogen and oxygen atoms in total. The fourth-order valence-corrected chi connectivity index (χ4v) is 4.41. The van der Waals surface area contributed by atoms with Crippen LogP contribution in [-0.2, 0) is 14.3 Å². The minimum atomic E-state index is -0.651. The lowest BCUT2D eigenvalue weighted by Crippen LogP contribution is -2.55. The number of carbonyl (C=O) groups is 3. The highest BCUT2D eigenvalue weighted by atomic mass is 16.6. The van der Waals surface area contributed by atoms with Gasteiger partial charge in [-0.05, 0) is 66.9 Å². The van der Waals surface area contributed by atoms with Gasteiger partial charge in [-0.2, -0.15) is 5.10 Å². The van der Waals surface area contributed by atoms with Crippen molar-refractivity contribution in [2.75, 3.05) is 13.2 Å². The summed E-state index contributed by atoms with van der Waals surface area (Å²) in [6.45, 7) is 11.9. The van der Waals surface area contributed by atoms with Crippen molar-refractivity contribution in [2.24, 2.45) is 0 Å². The zero-order chi connectivity index (χ0) is 25.8. The summed E-state index contributed by atoms with van der Waals surface area (Å²) in [5.74, 6) is -0.542. The normalized spacial score (nSPS) is 18.5. The number of esters is 1. The van der Waals surface area contributed by atoms with Crippen LogP contribution in [0.3, 0.4) is 0 Å². The highest BCUT2D eigenvalue weighted by molar-refractivity contribution is 6.05. The Morgan fingerprint density at radius 3 is 2.54 bits per heavy atom. The molecule has 1 aromatic heterocycles. The molecular formula is C26H38N4O5. The number of rotatable bonds is 7. The second-order valence-electron chi connectivity index (χ2n) is 10.3. The zero-order valence-electron chi connectivity index (χ0n) is 21.7. The molecule has 0 bridgehead atoms. The summed E-state index contributed by atoms with van der Waals surface area (Å²) in [6.07, 6.45) is 1.60. The topological polar surface area (TPSA) is 103 Å². The first kappa shape index (κ1) is 26.5. The Morgan fingerprint density at radius 1 is 1.17 bits per heavy atom. The number of piperidine rings is 1. The van der Waals surface area contributed by atoms with E-state index in [1.807, 2.05) is 63.6 Å². The van der Waals surface area contributed by atoms with Gasteiger partial charge in [0.1, 0.15) is 5.60 Å². The average molecular weight is 487 g/mol. The number of hydrogen-bond acceptors (Lipinski definition) is 6. The van der Waals surface area contributed by atoms with Gasteiger partial charge in [0.15, 0.2) is 5.69 Å². The molecule has 0 spiro atoms. The minimum absolute atomic E-state index is 0.110. The van der Waals surface area contributed by atoms with E-state index in [2.05, 4.69) is 10.4 Å². The highest BCUT2D eigenvalue weighted by Crippen LogP contribution is 2.26. The number of nitrogens with zero attached hydrogens (tertiary/aromatic N) is 3. The molecule has 2 aromatic rings. The number of carbonyl (C=O) groups excluding carboxylic acids is 3. The molecule has 9 heteroatoms. The van der Waals surface area contributed by atoms with Crippen molar-refractivity contribution >= 4 is 28.9 Å². The monoisotopic (exact) mass is 486 g/mol. The molecule has 2 atom stereocenters. The summed E-state index contributed by atoms with van der Waals surface area (Å²) in [4.78, 5) is 39.8. The fraction of sp³-hybridized carbons (Fsp3) is 0.615. The second kappa shape index (κ2) is 11.1. The quantitative estimate of drug-likeness (QED) is 0.580. The number of benzene rings is 1. The van der Waals surface area contributed by atoms with Crippen LogP contribution < -0.4 is 5.32 Å². The maximum absolute atomic E-state index is 13.3. The van der Waals surface area contributed by atoms with E-state index >= 15 is 0 Å². The van der Waals surface area contributed by atoms with Crippen LogP contribution in [0, 0.1) is 0 Å². The van der Waals surface area contributed by atoms with Crippen molar-refractivity contribution in [3.05, 3.63) is 30.0 Å². The molecular weight excluding hydrogens is 448 g/mol. The van der Waals surface area contributed by atoms with E-state index in [0.29, 0.717) is 38.1 Å². The number of para-hydroxylation sites is 1. The van der Waals surface area contributed by atoms with Crippen LogP contribution in [0.1, 0.15) is 83.8 Å². The number of nitrogens with one attached hydrogen (secondary N) is 1. The van der Waals surface area contributed by atoms with E-state index in [1.54, 1.807) is 11.8 Å². The van der Waals surface area contributed by atoms with Crippen LogP contribution in [0.15, 0.2) is 24.3 Å². The van der Waals surface area contributed by atoms with Crippen molar-refractivity contribution in [1.82, 2.24) is 20.0 Å². The fourth-order valence-electron chi connectivity index (χ4n) is 4.41. The number of ether oxygens (including phenoxy) is 2. The smallest absolute Gasteiger partial charge is 0.410 e. The number of hydrogen-bond donors (Lipinski definition) is 1. The van der Waals surface area contributed by atoms with E-state index in [-0.39, 0.29) is 36.4 Å². The van der Waals surface area contributed by atoms with Crippen molar-refractivity contribution in [3.8, 4) is 0 Å². The largest absolute Gasteiger partial charge is 0.466 e. The first-order chi connectivity index (χ1) is 16.5. The Bertz CT molecular complexity index is 1060. The predicted octanol–water partition coefficient (Wildman–Crippen LogP) is 4.46. The molecule has 2 amide bonds. The summed E-state index contributed by atoms with van der Waals surface area (Å²) in [6, 6.07) is 7.37. The van der Waals surface area contributed by atoms with Crippen molar-refractivity contribution in [1.29, 1.82) is 0 Å². The van der Waals surface area contributed by atoms with Crippen LogP contribution in [0.4, 0.5) is 4.79 Å². The first-order valence-corrected chi connectivity index (χ1v) is 12.4. The summed E-state index contributed by atoms with van der Waals surface area (Å²) in [5, 5.41) is 8.46. The highest BCUT2D eigenvalue weighted by Gasteiger charge is 2.35. The van der Waals surface area contributed by atoms with Crippen LogP contribution in [0.25, 0.3) is 10.9 Å². The second-order valence-corrected chi connectivity index (χ2v) is 10.3. The standard InChI is InChI=1S/C26H38N4O5/c1-7-34-22(31)15-14-19-13-12-18(16-29(19)25(33)35-26(4,5)6)27-24(32)23-20-10-8-9-11-21(20)30(28-23)17(2)3/h8-11,17-19H,7,12-16H2,1-6H3,(H,27,32)/t18-,19-/m1/s1. The van der Waals surface area contributed by atoms with Gasteiger partial charge in [-0.3, -0.25) is 14.3 Å². The van der Waals surface area contributed by atoms with Gasteiger partial charge in [-0.25, -0.2) is 4.79 Å². The Labute approximate surface area is 207 Å². The molecule has 3 rings (SSSR count). The Morgan fingerprint density at radius 2 is 1.89 bits per heavy atom. The molecule has 0 radical (unpaired) electrons. The molecule has 2 heterocycles. The van der Waals surface area contributed by atoms with Gasteiger partial charge < -0.3 is 19.7 Å². The summed E-state index contributed by atoms with van der Waals surface area (Å²) < 4.78 is 12.5. The Balaban J connectivity index is 1.75. The van der Waals surface area contributed by atoms with Crippen LogP contribution >= 0.6 is 0 Å². The molecule has 0 saturated carbocycles. The van der Waals surface area contributed by atoms with E-state index in [0.717, 1.165) is 10.9 Å². The Hall–Kier alpha value is -3.10. The maximum Gasteiger partial charge on any atom is 0.410 e. The third kappa shape index (κ3) is 6.74. The molecule has 192 valence electrons. The SMILES string of the molecule is CCOC(=O)CC[C@H]1CC[C@@H](NC(=O)c2nn(C(C)C)c3ccccc23)CN1C(=O)OC(C)(C)C. The summed E-state index contributed by atoms with van der Waals surface area (Å²) in [7, 11) is 0. The van der Waals surface area contributed by atoms with Gasteiger partial charge in [-0.15, -0.1) is 0 Å². The van der Waals surface area contributed by atoms with Gasteiger partial charge in [0, 0.05) is 36.5 Å². The van der Waals surface area contributed by atoms with Crippen LogP contribution in [0.2, 0.25) is 0 Å². The number of amides is 2. The molecule has 1 N–H and O–H groups in total. The van der Waals surface area contributed by atoms with E-state index in [4.69, 9.17) is 9.47 Å². The lowest BCUT2D eigenvalue weighted by atomic mass is 9.95. The number of likely N-dealkylation sites (tertiary alicyclic amines) is 1. The van der Waals surface area contributed by atoms with Crippen molar-refractivity contribution < 1.29 is 23.9 Å². The molecule has 0 unspecified atom stereocenters. The van der Waals surface area contributed by atoms with Crippen molar-refractivity contribution in [2.45, 2.75) is 91.0 Å². The van der Waals surface area contributed by atoms with Gasteiger partial charge in [0.2, 0.25) is 0 Å². The molecule has 1 saturated heterocycles. The van der Waals surface area contributed by atoms with Gasteiger partial charge in [0.25, 0.3) is 5.91 Å². The van der Waals surface area contributed by atoms with Crippen LogP contribution in [0.5, 0.6) is 0 Å². The average Bonchev–Trinajstić information content (AvgIpc) is 3.17. The summed E-state index contributed by atoms with van der Waals surface area (Å²) in [5.41, 5.74) is 0.634. The summed E-state index contributed by atoms with van der Waals surface area (Å²) >= 11 is 0. The van der Waals surface area contributed by atoms with Gasteiger partial charge in [-0.1, -0.05) is 18.2 Å². The molecule has 1 aromatic carbocycles. The van der Waals surface area contributed by atoms with E-state index < -0.39 is 11.7 Å². The molecule has 1 aliphatic heterocycles. The predicted molar refractivity (Wildman–Crippen MR) is 133 cm³/mol. The van der Waals surface area contributed by atoms with Gasteiger partial charge in [0.05, 0.1) is 12.1 Å². The van der Waals surface area contributed by atoms with Crippen LogP contribution in [-0.4, -0.2) is 63.5 Å². The molecule has 1 fully saturated rings. The van der Waals surface area contributed by atoms with E-state index in [1.165, 1.54) is 0 Å². The first-order valence-electron chi connectivity index (χ1n) is 12.4. The minimum Gasteiger partial charge on any atom is -0.466 e. The van der Waals surface area contributed by atoms with E-state index in [9.17, 15) is 14.4 Å². The third-order valence-corrected chi connectivity index (χ3v) is 5.97. The molecule has 35 heavy (non-hydrogen) atoms. The van der Waals surface area contributed by atoms with Gasteiger partial charge >= 0.3 is 12.1 Å². The maximum atomic E-state index is 13.3. The van der Waals surface area contributed by atoms with Crippen molar-refractivity contribution in [3.63, 3.8) is 0 Å². The lowest BCUT2D eigenvalue weighted by molar-refractivity contribution is -0.143. The number of aromatic nitrogens is 2.